The van der Waals surface area contributed by atoms with Gasteiger partial charge in [-0.1, -0.05) is 18.2 Å². The highest BCUT2D eigenvalue weighted by Crippen LogP contribution is 2.28. The summed E-state index contributed by atoms with van der Waals surface area (Å²) in [7, 11) is 3.15. The van der Waals surface area contributed by atoms with Gasteiger partial charge in [0.1, 0.15) is 0 Å². The summed E-state index contributed by atoms with van der Waals surface area (Å²) in [5.74, 6) is 0.811. The van der Waals surface area contributed by atoms with Crippen LogP contribution in [0, 0.1) is 0 Å². The van der Waals surface area contributed by atoms with Crippen LogP contribution in [-0.2, 0) is 11.2 Å². The molecule has 2 aromatic carbocycles. The lowest BCUT2D eigenvalue weighted by atomic mass is 10.1. The summed E-state index contributed by atoms with van der Waals surface area (Å²) in [6, 6.07) is 16.0. The number of nitrogens with zero attached hydrogens (tertiary/aromatic N) is 1. The van der Waals surface area contributed by atoms with Crippen molar-refractivity contribution < 1.29 is 19.1 Å². The zero-order chi connectivity index (χ0) is 21.3. The van der Waals surface area contributed by atoms with E-state index < -0.39 is 0 Å². The molecule has 7 heteroatoms. The van der Waals surface area contributed by atoms with E-state index in [0.717, 1.165) is 5.56 Å². The summed E-state index contributed by atoms with van der Waals surface area (Å²) >= 11 is 0. The Morgan fingerprint density at radius 3 is 2.30 bits per heavy atom. The van der Waals surface area contributed by atoms with E-state index in [-0.39, 0.29) is 18.2 Å². The molecule has 0 radical (unpaired) electrons. The Hall–Kier alpha value is -3.87. The first kappa shape index (κ1) is 20.9. The Balaban J connectivity index is 1.62. The minimum atomic E-state index is -0.296. The van der Waals surface area contributed by atoms with Crippen molar-refractivity contribution in [1.29, 1.82) is 0 Å². The van der Waals surface area contributed by atoms with E-state index in [1.165, 1.54) is 6.20 Å². The molecule has 0 spiro atoms. The monoisotopic (exact) mass is 405 g/mol. The zero-order valence-corrected chi connectivity index (χ0v) is 16.8. The zero-order valence-electron chi connectivity index (χ0n) is 16.8. The van der Waals surface area contributed by atoms with Gasteiger partial charge in [0.2, 0.25) is 5.91 Å². The second-order valence-corrected chi connectivity index (χ2v) is 6.48. The molecule has 0 aliphatic carbocycles. The number of rotatable bonds is 8. The Labute approximate surface area is 175 Å². The number of aromatic nitrogens is 1. The first-order chi connectivity index (χ1) is 14.6. The Bertz CT molecular complexity index is 1020. The number of hydrogen-bond donors (Lipinski definition) is 2. The van der Waals surface area contributed by atoms with Gasteiger partial charge in [-0.25, -0.2) is 0 Å². The van der Waals surface area contributed by atoms with Gasteiger partial charge in [-0.05, 0) is 48.4 Å². The second-order valence-electron chi connectivity index (χ2n) is 6.48. The summed E-state index contributed by atoms with van der Waals surface area (Å²) in [5.41, 5.74) is 2.45. The SMILES string of the molecule is COc1ccc(CCC(=O)Nc2ccccc2NC(=O)c2cccnc2)cc1OC. The third-order valence-corrected chi connectivity index (χ3v) is 4.46. The predicted octanol–water partition coefficient (Wildman–Crippen LogP) is 3.92. The van der Waals surface area contributed by atoms with Gasteiger partial charge >= 0.3 is 0 Å². The highest BCUT2D eigenvalue weighted by atomic mass is 16.5. The molecule has 0 bridgehead atoms. The number of methoxy groups -OCH3 is 2. The van der Waals surface area contributed by atoms with Crippen molar-refractivity contribution in [2.24, 2.45) is 0 Å². The number of benzene rings is 2. The number of pyridine rings is 1. The van der Waals surface area contributed by atoms with Crippen molar-refractivity contribution >= 4 is 23.2 Å². The van der Waals surface area contributed by atoms with Crippen molar-refractivity contribution in [3.05, 3.63) is 78.1 Å². The molecule has 2 amide bonds. The van der Waals surface area contributed by atoms with E-state index in [2.05, 4.69) is 15.6 Å². The van der Waals surface area contributed by atoms with Crippen LogP contribution in [0.4, 0.5) is 11.4 Å². The Morgan fingerprint density at radius 2 is 1.63 bits per heavy atom. The Morgan fingerprint density at radius 1 is 0.900 bits per heavy atom. The maximum absolute atomic E-state index is 12.5. The summed E-state index contributed by atoms with van der Waals surface area (Å²) < 4.78 is 10.5. The van der Waals surface area contributed by atoms with Crippen LogP contribution in [0.2, 0.25) is 0 Å². The molecule has 0 saturated carbocycles. The predicted molar refractivity (Wildman–Crippen MR) is 115 cm³/mol. The molecule has 1 heterocycles. The molecule has 0 aliphatic heterocycles. The molecule has 154 valence electrons. The summed E-state index contributed by atoms with van der Waals surface area (Å²) in [5, 5.41) is 5.67. The standard InChI is InChI=1S/C23H23N3O4/c1-29-20-11-9-16(14-21(20)30-2)10-12-22(27)25-18-7-3-4-8-19(18)26-23(28)17-6-5-13-24-15-17/h3-9,11,13-15H,10,12H2,1-2H3,(H,25,27)(H,26,28). The van der Waals surface area contributed by atoms with E-state index in [4.69, 9.17) is 9.47 Å². The van der Waals surface area contributed by atoms with Crippen LogP contribution in [0.25, 0.3) is 0 Å². The lowest BCUT2D eigenvalue weighted by Crippen LogP contribution is -2.17. The number of carbonyl (C=O) groups excluding carboxylic acids is 2. The molecular weight excluding hydrogens is 382 g/mol. The number of aryl methyl sites for hydroxylation is 1. The maximum atomic E-state index is 12.5. The van der Waals surface area contributed by atoms with E-state index >= 15 is 0 Å². The highest BCUT2D eigenvalue weighted by Gasteiger charge is 2.12. The number of ether oxygens (including phenoxy) is 2. The van der Waals surface area contributed by atoms with Gasteiger partial charge in [0.15, 0.2) is 11.5 Å². The van der Waals surface area contributed by atoms with Crippen molar-refractivity contribution in [1.82, 2.24) is 4.98 Å². The molecule has 30 heavy (non-hydrogen) atoms. The fraction of sp³-hybridized carbons (Fsp3) is 0.174. The largest absolute Gasteiger partial charge is 0.493 e. The second kappa shape index (κ2) is 10.1. The Kier molecular flexibility index (Phi) is 7.00. The van der Waals surface area contributed by atoms with Crippen LogP contribution >= 0.6 is 0 Å². The number of para-hydroxylation sites is 2. The fourth-order valence-electron chi connectivity index (χ4n) is 2.90. The van der Waals surface area contributed by atoms with E-state index in [0.29, 0.717) is 34.9 Å². The van der Waals surface area contributed by atoms with Crippen molar-refractivity contribution in [2.75, 3.05) is 24.9 Å². The number of nitrogens with one attached hydrogen (secondary N) is 2. The number of amides is 2. The van der Waals surface area contributed by atoms with Gasteiger partial charge in [0.05, 0.1) is 31.2 Å². The fourth-order valence-corrected chi connectivity index (χ4v) is 2.90. The first-order valence-corrected chi connectivity index (χ1v) is 9.42. The van der Waals surface area contributed by atoms with Crippen LogP contribution in [-0.4, -0.2) is 31.0 Å². The summed E-state index contributed by atoms with van der Waals surface area (Å²) in [4.78, 5) is 28.8. The van der Waals surface area contributed by atoms with Gasteiger partial charge in [-0.2, -0.15) is 0 Å². The average molecular weight is 405 g/mol. The topological polar surface area (TPSA) is 89.6 Å². The normalized spacial score (nSPS) is 10.2. The molecular formula is C23H23N3O4. The number of anilines is 2. The van der Waals surface area contributed by atoms with Gasteiger partial charge in [-0.3, -0.25) is 14.6 Å². The lowest BCUT2D eigenvalue weighted by molar-refractivity contribution is -0.116. The van der Waals surface area contributed by atoms with Crippen LogP contribution in [0.1, 0.15) is 22.3 Å². The molecule has 7 nitrogen and oxygen atoms in total. The van der Waals surface area contributed by atoms with Crippen LogP contribution in [0.3, 0.4) is 0 Å². The van der Waals surface area contributed by atoms with E-state index in [1.807, 2.05) is 18.2 Å². The minimum Gasteiger partial charge on any atom is -0.493 e. The van der Waals surface area contributed by atoms with Gasteiger partial charge in [-0.15, -0.1) is 0 Å². The quantitative estimate of drug-likeness (QED) is 0.593. The minimum absolute atomic E-state index is 0.159. The van der Waals surface area contributed by atoms with Gasteiger partial charge in [0, 0.05) is 18.8 Å². The van der Waals surface area contributed by atoms with Crippen LogP contribution in [0.15, 0.2) is 67.0 Å². The average Bonchev–Trinajstić information content (AvgIpc) is 2.79. The molecule has 0 saturated heterocycles. The van der Waals surface area contributed by atoms with E-state index in [1.54, 1.807) is 56.8 Å². The van der Waals surface area contributed by atoms with E-state index in [9.17, 15) is 9.59 Å². The molecule has 2 N–H and O–H groups in total. The smallest absolute Gasteiger partial charge is 0.257 e. The summed E-state index contributed by atoms with van der Waals surface area (Å²) in [6.07, 6.45) is 3.90. The molecule has 1 aromatic heterocycles. The summed E-state index contributed by atoms with van der Waals surface area (Å²) in [6.45, 7) is 0. The molecule has 0 atom stereocenters. The van der Waals surface area contributed by atoms with Crippen molar-refractivity contribution in [3.63, 3.8) is 0 Å². The van der Waals surface area contributed by atoms with Crippen molar-refractivity contribution in [3.8, 4) is 11.5 Å². The first-order valence-electron chi connectivity index (χ1n) is 9.42. The van der Waals surface area contributed by atoms with Crippen LogP contribution < -0.4 is 20.1 Å². The molecule has 3 aromatic rings. The van der Waals surface area contributed by atoms with Gasteiger partial charge < -0.3 is 20.1 Å². The van der Waals surface area contributed by atoms with Crippen molar-refractivity contribution in [2.45, 2.75) is 12.8 Å². The molecule has 0 unspecified atom stereocenters. The molecule has 3 rings (SSSR count). The maximum Gasteiger partial charge on any atom is 0.257 e. The molecule has 0 aliphatic rings. The van der Waals surface area contributed by atoms with Crippen LogP contribution in [0.5, 0.6) is 11.5 Å². The third-order valence-electron chi connectivity index (χ3n) is 4.46. The molecule has 0 fully saturated rings. The number of carbonyl (C=O) groups is 2. The lowest BCUT2D eigenvalue weighted by Gasteiger charge is -2.13. The highest BCUT2D eigenvalue weighted by molar-refractivity contribution is 6.07. The third kappa shape index (κ3) is 5.35. The van der Waals surface area contributed by atoms with Gasteiger partial charge in [0.25, 0.3) is 5.91 Å². The number of hydrogen-bond acceptors (Lipinski definition) is 5.